The van der Waals surface area contributed by atoms with Crippen LogP contribution in [0.15, 0.2) is 12.1 Å². The lowest BCUT2D eigenvalue weighted by molar-refractivity contribution is -0.137. The first-order chi connectivity index (χ1) is 9.82. The van der Waals surface area contributed by atoms with Crippen LogP contribution < -0.4 is 10.2 Å². The smallest absolute Gasteiger partial charge is 0.373 e. The van der Waals surface area contributed by atoms with Gasteiger partial charge in [0.25, 0.3) is 0 Å². The quantitative estimate of drug-likeness (QED) is 0.908. The predicted molar refractivity (Wildman–Crippen MR) is 78.6 cm³/mol. The summed E-state index contributed by atoms with van der Waals surface area (Å²) in [7, 11) is 3.42. The van der Waals surface area contributed by atoms with Gasteiger partial charge in [0.05, 0.1) is 5.56 Å². The maximum atomic E-state index is 13.0. The van der Waals surface area contributed by atoms with Gasteiger partial charge in [-0.1, -0.05) is 19.8 Å². The van der Waals surface area contributed by atoms with Gasteiger partial charge in [0.1, 0.15) is 11.6 Å². The van der Waals surface area contributed by atoms with E-state index < -0.39 is 11.7 Å². The second-order valence-corrected chi connectivity index (χ2v) is 5.79. The van der Waals surface area contributed by atoms with Crippen LogP contribution in [0.3, 0.4) is 0 Å². The van der Waals surface area contributed by atoms with Gasteiger partial charge in [0.15, 0.2) is 0 Å². The molecule has 1 N–H and O–H groups in total. The fraction of sp³-hybridized carbons (Fsp3) is 0.667. The van der Waals surface area contributed by atoms with Crippen molar-refractivity contribution in [2.45, 2.75) is 44.8 Å². The Morgan fingerprint density at radius 2 is 1.90 bits per heavy atom. The number of anilines is 2. The largest absolute Gasteiger partial charge is 0.416 e. The second kappa shape index (κ2) is 6.12. The molecule has 1 aromatic rings. The van der Waals surface area contributed by atoms with Crippen molar-refractivity contribution in [1.29, 1.82) is 0 Å². The third kappa shape index (κ3) is 3.60. The number of rotatable bonds is 3. The molecule has 118 valence electrons. The summed E-state index contributed by atoms with van der Waals surface area (Å²) >= 11 is 0. The molecule has 0 saturated heterocycles. The molecule has 2 unspecified atom stereocenters. The molecule has 1 aromatic heterocycles. The lowest BCUT2D eigenvalue weighted by Gasteiger charge is -2.37. The van der Waals surface area contributed by atoms with Crippen LogP contribution in [0.25, 0.3) is 0 Å². The highest BCUT2D eigenvalue weighted by Gasteiger charge is 2.33. The van der Waals surface area contributed by atoms with Crippen molar-refractivity contribution < 1.29 is 13.2 Å². The molecule has 3 nitrogen and oxygen atoms in total. The summed E-state index contributed by atoms with van der Waals surface area (Å²) < 4.78 is 39.0. The van der Waals surface area contributed by atoms with Crippen LogP contribution in [-0.2, 0) is 6.18 Å². The van der Waals surface area contributed by atoms with Crippen LogP contribution in [0.1, 0.15) is 38.2 Å². The Balaban J connectivity index is 2.33. The number of hydrogen-bond acceptors (Lipinski definition) is 3. The molecule has 1 heterocycles. The molecule has 1 aliphatic rings. The number of aromatic nitrogens is 1. The Kier molecular flexibility index (Phi) is 4.64. The highest BCUT2D eigenvalue weighted by atomic mass is 19.4. The van der Waals surface area contributed by atoms with Gasteiger partial charge in [-0.05, 0) is 30.9 Å². The monoisotopic (exact) mass is 301 g/mol. The Morgan fingerprint density at radius 1 is 1.24 bits per heavy atom. The SMILES string of the molecule is CNc1cc(C(F)(F)F)cc(N(C)C2CCCCC2C)n1. The summed E-state index contributed by atoms with van der Waals surface area (Å²) in [4.78, 5) is 6.19. The van der Waals surface area contributed by atoms with Crippen LogP contribution in [0.5, 0.6) is 0 Å². The van der Waals surface area contributed by atoms with Crippen molar-refractivity contribution in [2.24, 2.45) is 5.92 Å². The fourth-order valence-corrected chi connectivity index (χ4v) is 3.03. The Hall–Kier alpha value is -1.46. The van der Waals surface area contributed by atoms with E-state index in [1.54, 1.807) is 7.05 Å². The third-order valence-corrected chi connectivity index (χ3v) is 4.32. The van der Waals surface area contributed by atoms with E-state index in [4.69, 9.17) is 0 Å². The average Bonchev–Trinajstić information content (AvgIpc) is 2.45. The minimum Gasteiger partial charge on any atom is -0.373 e. The molecule has 21 heavy (non-hydrogen) atoms. The number of nitrogens with zero attached hydrogens (tertiary/aromatic N) is 2. The van der Waals surface area contributed by atoms with Gasteiger partial charge < -0.3 is 10.2 Å². The number of alkyl halides is 3. The topological polar surface area (TPSA) is 28.2 Å². The lowest BCUT2D eigenvalue weighted by Crippen LogP contribution is -2.39. The van der Waals surface area contributed by atoms with Gasteiger partial charge in [-0.3, -0.25) is 0 Å². The van der Waals surface area contributed by atoms with Gasteiger partial charge in [-0.25, -0.2) is 4.98 Å². The molecule has 2 rings (SSSR count). The van der Waals surface area contributed by atoms with Crippen molar-refractivity contribution in [1.82, 2.24) is 4.98 Å². The molecule has 1 aliphatic carbocycles. The van der Waals surface area contributed by atoms with Gasteiger partial charge in [0, 0.05) is 20.1 Å². The standard InChI is InChI=1S/C15H22F3N3/c1-10-6-4-5-7-12(10)21(3)14-9-11(15(16,17)18)8-13(19-2)20-14/h8-10,12H,4-7H2,1-3H3,(H,19,20). The Labute approximate surface area is 123 Å². The summed E-state index contributed by atoms with van der Waals surface area (Å²) in [6.45, 7) is 2.16. The number of nitrogens with one attached hydrogen (secondary N) is 1. The van der Waals surface area contributed by atoms with E-state index in [0.29, 0.717) is 11.7 Å². The summed E-state index contributed by atoms with van der Waals surface area (Å²) in [5.41, 5.74) is -0.660. The first kappa shape index (κ1) is 15.9. The molecule has 1 fully saturated rings. The number of pyridine rings is 1. The summed E-state index contributed by atoms with van der Waals surface area (Å²) in [6, 6.07) is 2.43. The molecule has 0 bridgehead atoms. The van der Waals surface area contributed by atoms with Gasteiger partial charge >= 0.3 is 6.18 Å². The average molecular weight is 301 g/mol. The molecule has 0 spiro atoms. The van der Waals surface area contributed by atoms with Crippen LogP contribution in [0.2, 0.25) is 0 Å². The zero-order valence-corrected chi connectivity index (χ0v) is 12.7. The highest BCUT2D eigenvalue weighted by Crippen LogP contribution is 2.35. The zero-order chi connectivity index (χ0) is 15.6. The molecule has 0 aromatic carbocycles. The Morgan fingerprint density at radius 3 is 2.48 bits per heavy atom. The van der Waals surface area contributed by atoms with Crippen molar-refractivity contribution in [3.8, 4) is 0 Å². The molecular formula is C15H22F3N3. The minimum atomic E-state index is -4.36. The molecular weight excluding hydrogens is 279 g/mol. The minimum absolute atomic E-state index is 0.245. The predicted octanol–water partition coefficient (Wildman–Crippen LogP) is 4.16. The van der Waals surface area contributed by atoms with Gasteiger partial charge in [0.2, 0.25) is 0 Å². The molecule has 0 aliphatic heterocycles. The van der Waals surface area contributed by atoms with E-state index in [1.165, 1.54) is 6.42 Å². The molecule has 0 amide bonds. The van der Waals surface area contributed by atoms with Gasteiger partial charge in [-0.2, -0.15) is 13.2 Å². The molecule has 0 radical (unpaired) electrons. The van der Waals surface area contributed by atoms with Crippen molar-refractivity contribution >= 4 is 11.6 Å². The van der Waals surface area contributed by atoms with E-state index in [1.807, 2.05) is 11.9 Å². The summed E-state index contributed by atoms with van der Waals surface area (Å²) in [6.07, 6.45) is 0.0835. The lowest BCUT2D eigenvalue weighted by atomic mass is 9.85. The summed E-state index contributed by atoms with van der Waals surface area (Å²) in [5.74, 6) is 1.10. The highest BCUT2D eigenvalue weighted by molar-refractivity contribution is 5.51. The van der Waals surface area contributed by atoms with Crippen LogP contribution in [-0.4, -0.2) is 25.1 Å². The van der Waals surface area contributed by atoms with E-state index >= 15 is 0 Å². The van der Waals surface area contributed by atoms with Gasteiger partial charge in [-0.15, -0.1) is 0 Å². The maximum absolute atomic E-state index is 13.0. The number of hydrogen-bond donors (Lipinski definition) is 1. The van der Waals surface area contributed by atoms with Crippen molar-refractivity contribution in [3.63, 3.8) is 0 Å². The first-order valence-electron chi connectivity index (χ1n) is 7.33. The fourth-order valence-electron chi connectivity index (χ4n) is 3.03. The van der Waals surface area contributed by atoms with Crippen LogP contribution in [0, 0.1) is 5.92 Å². The van der Waals surface area contributed by atoms with E-state index in [2.05, 4.69) is 17.2 Å². The third-order valence-electron chi connectivity index (χ3n) is 4.32. The second-order valence-electron chi connectivity index (χ2n) is 5.79. The zero-order valence-electron chi connectivity index (χ0n) is 12.7. The van der Waals surface area contributed by atoms with Crippen molar-refractivity contribution in [3.05, 3.63) is 17.7 Å². The Bertz CT molecular complexity index is 488. The van der Waals surface area contributed by atoms with Crippen molar-refractivity contribution in [2.75, 3.05) is 24.3 Å². The van der Waals surface area contributed by atoms with Crippen LogP contribution in [0.4, 0.5) is 24.8 Å². The van der Waals surface area contributed by atoms with E-state index in [0.717, 1.165) is 31.4 Å². The van der Waals surface area contributed by atoms with E-state index in [-0.39, 0.29) is 11.9 Å². The maximum Gasteiger partial charge on any atom is 0.416 e. The summed E-state index contributed by atoms with van der Waals surface area (Å²) in [5, 5.41) is 2.71. The molecule has 1 saturated carbocycles. The molecule has 6 heteroatoms. The normalized spacial score (nSPS) is 23.0. The molecule has 2 atom stereocenters. The first-order valence-corrected chi connectivity index (χ1v) is 7.33. The number of halogens is 3. The van der Waals surface area contributed by atoms with E-state index in [9.17, 15) is 13.2 Å². The van der Waals surface area contributed by atoms with Crippen LogP contribution >= 0.6 is 0 Å².